The molecular weight excluding hydrogens is 328 g/mol. The molecule has 2 rings (SSSR count). The van der Waals surface area contributed by atoms with E-state index >= 15 is 0 Å². The number of carbonyl (C=O) groups excluding carboxylic acids is 1. The number of carbonyl (C=O) groups is 1. The molecule has 1 aromatic carbocycles. The summed E-state index contributed by atoms with van der Waals surface area (Å²) in [7, 11) is 0. The maximum atomic E-state index is 12.5. The van der Waals surface area contributed by atoms with Gasteiger partial charge >= 0.3 is 0 Å². The summed E-state index contributed by atoms with van der Waals surface area (Å²) in [4.78, 5) is 12.5. The van der Waals surface area contributed by atoms with E-state index in [-0.39, 0.29) is 18.1 Å². The van der Waals surface area contributed by atoms with Crippen LogP contribution >= 0.6 is 0 Å². The molecule has 1 aromatic rings. The van der Waals surface area contributed by atoms with Gasteiger partial charge in [-0.2, -0.15) is 0 Å². The van der Waals surface area contributed by atoms with Crippen molar-refractivity contribution >= 4 is 5.78 Å². The quantitative estimate of drug-likeness (QED) is 0.560. The Kier molecular flexibility index (Phi) is 6.65. The highest BCUT2D eigenvalue weighted by Gasteiger charge is 2.34. The molecule has 0 spiro atoms. The number of allylic oxidation sites excluding steroid dienone is 3. The summed E-state index contributed by atoms with van der Waals surface area (Å²) in [6.07, 6.45) is 7.24. The number of aliphatic hydroxyl groups is 1. The number of phenols is 1. The van der Waals surface area contributed by atoms with Crippen LogP contribution in [0.4, 0.5) is 0 Å². The molecule has 2 N–H and O–H groups in total. The summed E-state index contributed by atoms with van der Waals surface area (Å²) >= 11 is 0. The summed E-state index contributed by atoms with van der Waals surface area (Å²) in [5, 5.41) is 18.7. The van der Waals surface area contributed by atoms with Crippen molar-refractivity contribution < 1.29 is 19.7 Å². The number of hydrogen-bond donors (Lipinski definition) is 2. The van der Waals surface area contributed by atoms with Gasteiger partial charge in [0.25, 0.3) is 0 Å². The Labute approximate surface area is 156 Å². The molecule has 0 fully saturated rings. The SMILES string of the molecule is C/C(=C/CC/C(C)=C\C(=O)C[C@]1(C)CCc2cc(O)cc(C)c2O1)CO. The lowest BCUT2D eigenvalue weighted by Gasteiger charge is -2.36. The van der Waals surface area contributed by atoms with Crippen LogP contribution in [0.3, 0.4) is 0 Å². The molecular formula is C22H30O4. The van der Waals surface area contributed by atoms with E-state index in [0.29, 0.717) is 6.42 Å². The second-order valence-corrected chi connectivity index (χ2v) is 7.68. The van der Waals surface area contributed by atoms with Gasteiger partial charge in [-0.1, -0.05) is 17.2 Å². The van der Waals surface area contributed by atoms with Gasteiger partial charge in [0.15, 0.2) is 5.78 Å². The highest BCUT2D eigenvalue weighted by molar-refractivity contribution is 5.91. The molecule has 1 atom stereocenters. The van der Waals surface area contributed by atoms with Crippen molar-refractivity contribution in [3.63, 3.8) is 0 Å². The van der Waals surface area contributed by atoms with E-state index in [1.54, 1.807) is 18.2 Å². The molecule has 4 nitrogen and oxygen atoms in total. The third kappa shape index (κ3) is 5.46. The highest BCUT2D eigenvalue weighted by Crippen LogP contribution is 2.39. The molecule has 26 heavy (non-hydrogen) atoms. The predicted molar refractivity (Wildman–Crippen MR) is 104 cm³/mol. The molecule has 0 aliphatic carbocycles. The maximum absolute atomic E-state index is 12.5. The minimum absolute atomic E-state index is 0.0766. The molecule has 1 aliphatic rings. The van der Waals surface area contributed by atoms with Gasteiger partial charge < -0.3 is 14.9 Å². The number of fused-ring (bicyclic) bond motifs is 1. The van der Waals surface area contributed by atoms with E-state index in [9.17, 15) is 9.90 Å². The fourth-order valence-electron chi connectivity index (χ4n) is 3.36. The van der Waals surface area contributed by atoms with Crippen molar-refractivity contribution in [3.8, 4) is 11.5 Å². The summed E-state index contributed by atoms with van der Waals surface area (Å²) in [6, 6.07) is 3.44. The maximum Gasteiger partial charge on any atom is 0.159 e. The minimum atomic E-state index is -0.518. The van der Waals surface area contributed by atoms with Crippen LogP contribution in [0.25, 0.3) is 0 Å². The molecule has 142 valence electrons. The summed E-state index contributed by atoms with van der Waals surface area (Å²) in [5.74, 6) is 1.14. The van der Waals surface area contributed by atoms with Crippen LogP contribution in [0, 0.1) is 6.92 Å². The van der Waals surface area contributed by atoms with Crippen LogP contribution in [0.15, 0.2) is 35.4 Å². The van der Waals surface area contributed by atoms with Crippen molar-refractivity contribution in [2.75, 3.05) is 6.61 Å². The average molecular weight is 358 g/mol. The van der Waals surface area contributed by atoms with E-state index in [4.69, 9.17) is 9.84 Å². The molecule has 4 heteroatoms. The molecule has 0 saturated heterocycles. The Morgan fingerprint density at radius 2 is 2.04 bits per heavy atom. The van der Waals surface area contributed by atoms with Gasteiger partial charge in [-0.15, -0.1) is 0 Å². The van der Waals surface area contributed by atoms with Crippen LogP contribution in [-0.4, -0.2) is 28.2 Å². The Bertz CT molecular complexity index is 730. The summed E-state index contributed by atoms with van der Waals surface area (Å²) < 4.78 is 6.19. The van der Waals surface area contributed by atoms with Gasteiger partial charge in [-0.3, -0.25) is 4.79 Å². The van der Waals surface area contributed by atoms with Gasteiger partial charge in [-0.25, -0.2) is 0 Å². The van der Waals surface area contributed by atoms with Crippen molar-refractivity contribution in [1.82, 2.24) is 0 Å². The number of ether oxygens (including phenoxy) is 1. The number of aryl methyl sites for hydroxylation is 2. The van der Waals surface area contributed by atoms with Crippen molar-refractivity contribution in [3.05, 3.63) is 46.6 Å². The van der Waals surface area contributed by atoms with Crippen LogP contribution < -0.4 is 4.74 Å². The normalized spacial score (nSPS) is 20.5. The van der Waals surface area contributed by atoms with E-state index in [2.05, 4.69) is 0 Å². The topological polar surface area (TPSA) is 66.8 Å². The molecule has 0 aromatic heterocycles. The zero-order valence-corrected chi connectivity index (χ0v) is 16.3. The molecule has 0 radical (unpaired) electrons. The largest absolute Gasteiger partial charge is 0.508 e. The second-order valence-electron chi connectivity index (χ2n) is 7.68. The monoisotopic (exact) mass is 358 g/mol. The third-order valence-corrected chi connectivity index (χ3v) is 4.84. The summed E-state index contributed by atoms with van der Waals surface area (Å²) in [5.41, 5.74) is 3.38. The van der Waals surface area contributed by atoms with Gasteiger partial charge in [-0.05, 0) is 82.7 Å². The minimum Gasteiger partial charge on any atom is -0.508 e. The Balaban J connectivity index is 1.99. The zero-order chi connectivity index (χ0) is 19.3. The van der Waals surface area contributed by atoms with Gasteiger partial charge in [0.1, 0.15) is 17.1 Å². The first-order valence-electron chi connectivity index (χ1n) is 9.20. The molecule has 0 amide bonds. The molecule has 1 aliphatic heterocycles. The predicted octanol–water partition coefficient (Wildman–Crippen LogP) is 4.41. The first-order valence-corrected chi connectivity index (χ1v) is 9.20. The number of aliphatic hydroxyl groups excluding tert-OH is 1. The Hall–Kier alpha value is -2.07. The fraction of sp³-hybridized carbons (Fsp3) is 0.500. The standard InChI is InChI=1S/C22H30O4/c1-15(6-5-7-16(2)14-23)10-20(25)13-22(4)9-8-18-12-19(24)11-17(3)21(18)26-22/h7,10-12,23-24H,5-6,8-9,13-14H2,1-4H3/b15-10-,16-7-/t22-/m0/s1. The van der Waals surface area contributed by atoms with E-state index < -0.39 is 5.60 Å². The van der Waals surface area contributed by atoms with Crippen LogP contribution in [0.5, 0.6) is 11.5 Å². The van der Waals surface area contributed by atoms with Crippen molar-refractivity contribution in [1.29, 1.82) is 0 Å². The van der Waals surface area contributed by atoms with Crippen LogP contribution in [-0.2, 0) is 11.2 Å². The number of rotatable bonds is 7. The first kappa shape index (κ1) is 20.2. The van der Waals surface area contributed by atoms with Gasteiger partial charge in [0.2, 0.25) is 0 Å². The van der Waals surface area contributed by atoms with E-state index in [1.165, 1.54) is 0 Å². The van der Waals surface area contributed by atoms with Crippen molar-refractivity contribution in [2.24, 2.45) is 0 Å². The Morgan fingerprint density at radius 3 is 2.73 bits per heavy atom. The number of ketones is 1. The lowest BCUT2D eigenvalue weighted by molar-refractivity contribution is -0.118. The molecule has 0 bridgehead atoms. The van der Waals surface area contributed by atoms with Gasteiger partial charge in [0, 0.05) is 6.42 Å². The van der Waals surface area contributed by atoms with E-state index in [1.807, 2.05) is 33.8 Å². The number of hydrogen-bond acceptors (Lipinski definition) is 4. The first-order chi connectivity index (χ1) is 12.2. The Morgan fingerprint density at radius 1 is 1.31 bits per heavy atom. The fourth-order valence-corrected chi connectivity index (χ4v) is 3.36. The second kappa shape index (κ2) is 8.54. The summed E-state index contributed by atoms with van der Waals surface area (Å²) in [6.45, 7) is 7.84. The van der Waals surface area contributed by atoms with Crippen LogP contribution in [0.2, 0.25) is 0 Å². The smallest absolute Gasteiger partial charge is 0.159 e. The number of aromatic hydroxyl groups is 1. The highest BCUT2D eigenvalue weighted by atomic mass is 16.5. The lowest BCUT2D eigenvalue weighted by Crippen LogP contribution is -2.38. The molecule has 0 unspecified atom stereocenters. The average Bonchev–Trinajstić information content (AvgIpc) is 2.55. The van der Waals surface area contributed by atoms with E-state index in [0.717, 1.165) is 53.7 Å². The number of phenolic OH excluding ortho intramolecular Hbond substituents is 1. The van der Waals surface area contributed by atoms with Crippen molar-refractivity contribution in [2.45, 2.75) is 65.4 Å². The zero-order valence-electron chi connectivity index (χ0n) is 16.3. The van der Waals surface area contributed by atoms with Crippen LogP contribution in [0.1, 0.15) is 57.6 Å². The third-order valence-electron chi connectivity index (χ3n) is 4.84. The van der Waals surface area contributed by atoms with Gasteiger partial charge in [0.05, 0.1) is 6.61 Å². The molecule has 1 heterocycles. The number of benzene rings is 1. The lowest BCUT2D eigenvalue weighted by atomic mass is 9.87. The molecule has 0 saturated carbocycles.